The van der Waals surface area contributed by atoms with E-state index in [2.05, 4.69) is 15.3 Å². The van der Waals surface area contributed by atoms with Crippen LogP contribution >= 0.6 is 11.3 Å². The highest BCUT2D eigenvalue weighted by Crippen LogP contribution is 2.26. The Morgan fingerprint density at radius 1 is 1.06 bits per heavy atom. The third kappa shape index (κ3) is 4.15. The number of benzene rings is 2. The van der Waals surface area contributed by atoms with E-state index in [1.54, 1.807) is 18.4 Å². The largest absolute Gasteiger partial charge is 0.497 e. The van der Waals surface area contributed by atoms with Crippen molar-refractivity contribution in [2.75, 3.05) is 13.7 Å². The molecule has 0 bridgehead atoms. The summed E-state index contributed by atoms with van der Waals surface area (Å²) in [5.74, 6) is 1.47. The summed E-state index contributed by atoms with van der Waals surface area (Å²) < 4.78 is 5.22. The zero-order chi connectivity index (χ0) is 21.2. The van der Waals surface area contributed by atoms with Crippen LogP contribution in [0.1, 0.15) is 16.3 Å². The zero-order valence-electron chi connectivity index (χ0n) is 17.2. The lowest BCUT2D eigenvalue weighted by molar-refractivity contribution is 0.241. The molecule has 2 aromatic carbocycles. The molecular formula is C24H22N4O2S. The van der Waals surface area contributed by atoms with Gasteiger partial charge in [0.25, 0.3) is 5.56 Å². The quantitative estimate of drug-likeness (QED) is 0.516. The SMILES string of the molecule is COc1ccc(-c2csc(CN3CCc4nc(-c5ccccc5)[nH]c(=O)c4C3)n2)cc1. The molecule has 1 aliphatic rings. The molecule has 0 saturated carbocycles. The fourth-order valence-corrected chi connectivity index (χ4v) is 4.66. The highest BCUT2D eigenvalue weighted by Gasteiger charge is 2.22. The van der Waals surface area contributed by atoms with Gasteiger partial charge in [-0.1, -0.05) is 30.3 Å². The van der Waals surface area contributed by atoms with Crippen LogP contribution in [-0.4, -0.2) is 33.5 Å². The van der Waals surface area contributed by atoms with Crippen LogP contribution < -0.4 is 10.3 Å². The normalized spacial score (nSPS) is 13.7. The lowest BCUT2D eigenvalue weighted by Crippen LogP contribution is -2.35. The van der Waals surface area contributed by atoms with E-state index in [1.807, 2.05) is 54.6 Å². The van der Waals surface area contributed by atoms with Gasteiger partial charge in [-0.15, -0.1) is 11.3 Å². The number of aromatic nitrogens is 3. The number of fused-ring (bicyclic) bond motifs is 1. The van der Waals surface area contributed by atoms with Gasteiger partial charge in [-0.25, -0.2) is 9.97 Å². The second-order valence-electron chi connectivity index (χ2n) is 7.52. The lowest BCUT2D eigenvalue weighted by atomic mass is 10.1. The Balaban J connectivity index is 1.31. The molecule has 6 nitrogen and oxygen atoms in total. The first kappa shape index (κ1) is 19.7. The second-order valence-corrected chi connectivity index (χ2v) is 8.46. The fraction of sp³-hybridized carbons (Fsp3) is 0.208. The zero-order valence-corrected chi connectivity index (χ0v) is 18.0. The fourth-order valence-electron chi connectivity index (χ4n) is 3.82. The molecule has 5 rings (SSSR count). The van der Waals surface area contributed by atoms with E-state index in [1.165, 1.54) is 0 Å². The van der Waals surface area contributed by atoms with Crippen molar-refractivity contribution in [1.82, 2.24) is 19.9 Å². The first-order valence-corrected chi connectivity index (χ1v) is 11.1. The number of hydrogen-bond acceptors (Lipinski definition) is 6. The van der Waals surface area contributed by atoms with Gasteiger partial charge in [0, 0.05) is 36.0 Å². The first-order valence-electron chi connectivity index (χ1n) is 10.2. The van der Waals surface area contributed by atoms with Gasteiger partial charge in [-0.2, -0.15) is 0 Å². The predicted octanol–water partition coefficient (Wildman–Crippen LogP) is 4.13. The summed E-state index contributed by atoms with van der Waals surface area (Å²) in [6, 6.07) is 17.7. The van der Waals surface area contributed by atoms with E-state index in [9.17, 15) is 4.79 Å². The summed E-state index contributed by atoms with van der Waals surface area (Å²) in [7, 11) is 1.66. The average molecular weight is 431 g/mol. The number of methoxy groups -OCH3 is 1. The summed E-state index contributed by atoms with van der Waals surface area (Å²) in [5, 5.41) is 3.12. The Morgan fingerprint density at radius 3 is 2.65 bits per heavy atom. The first-order chi connectivity index (χ1) is 15.2. The van der Waals surface area contributed by atoms with E-state index in [0.29, 0.717) is 12.4 Å². The number of hydrogen-bond donors (Lipinski definition) is 1. The monoisotopic (exact) mass is 430 g/mol. The highest BCUT2D eigenvalue weighted by atomic mass is 32.1. The third-order valence-electron chi connectivity index (χ3n) is 5.49. The molecule has 0 unspecified atom stereocenters. The number of aromatic amines is 1. The minimum Gasteiger partial charge on any atom is -0.497 e. The number of H-pyrrole nitrogens is 1. The van der Waals surface area contributed by atoms with Crippen molar-refractivity contribution >= 4 is 11.3 Å². The minimum atomic E-state index is -0.0494. The van der Waals surface area contributed by atoms with Gasteiger partial charge < -0.3 is 9.72 Å². The predicted molar refractivity (Wildman–Crippen MR) is 122 cm³/mol. The summed E-state index contributed by atoms with van der Waals surface area (Å²) in [5.41, 5.74) is 4.58. The van der Waals surface area contributed by atoms with Crippen LogP contribution in [0.25, 0.3) is 22.6 Å². The molecule has 1 aliphatic heterocycles. The molecule has 3 heterocycles. The lowest BCUT2D eigenvalue weighted by Gasteiger charge is -2.26. The summed E-state index contributed by atoms with van der Waals surface area (Å²) in [4.78, 5) is 27.5. The molecule has 31 heavy (non-hydrogen) atoms. The van der Waals surface area contributed by atoms with Crippen LogP contribution in [0.4, 0.5) is 0 Å². The number of nitrogens with one attached hydrogen (secondary N) is 1. The minimum absolute atomic E-state index is 0.0494. The molecule has 0 saturated heterocycles. The van der Waals surface area contributed by atoms with Crippen molar-refractivity contribution in [1.29, 1.82) is 0 Å². The molecule has 0 atom stereocenters. The van der Waals surface area contributed by atoms with Gasteiger partial charge in [-0.05, 0) is 24.3 Å². The smallest absolute Gasteiger partial charge is 0.255 e. The maximum atomic E-state index is 12.8. The number of ether oxygens (including phenoxy) is 1. The van der Waals surface area contributed by atoms with E-state index >= 15 is 0 Å². The maximum absolute atomic E-state index is 12.8. The molecule has 2 aromatic heterocycles. The van der Waals surface area contributed by atoms with Gasteiger partial charge >= 0.3 is 0 Å². The van der Waals surface area contributed by atoms with Crippen molar-refractivity contribution in [3.05, 3.63) is 86.6 Å². The van der Waals surface area contributed by atoms with Crippen LogP contribution in [-0.2, 0) is 19.5 Å². The van der Waals surface area contributed by atoms with Crippen molar-refractivity contribution < 1.29 is 4.74 Å². The van der Waals surface area contributed by atoms with Gasteiger partial charge in [0.1, 0.15) is 16.6 Å². The van der Waals surface area contributed by atoms with Gasteiger partial charge in [0.2, 0.25) is 0 Å². The summed E-state index contributed by atoms with van der Waals surface area (Å²) in [6.07, 6.45) is 0.760. The average Bonchev–Trinajstić information content (AvgIpc) is 3.28. The summed E-state index contributed by atoms with van der Waals surface area (Å²) >= 11 is 1.65. The topological polar surface area (TPSA) is 71.1 Å². The Kier molecular flexibility index (Phi) is 5.36. The Hall–Kier alpha value is -3.29. The van der Waals surface area contributed by atoms with Gasteiger partial charge in [-0.3, -0.25) is 9.69 Å². The molecule has 7 heteroatoms. The van der Waals surface area contributed by atoms with Crippen LogP contribution in [0.3, 0.4) is 0 Å². The Labute approximate surface area is 184 Å². The van der Waals surface area contributed by atoms with Crippen molar-refractivity contribution in [2.24, 2.45) is 0 Å². The van der Waals surface area contributed by atoms with Crippen molar-refractivity contribution in [3.8, 4) is 28.4 Å². The van der Waals surface area contributed by atoms with Crippen LogP contribution in [0, 0.1) is 0 Å². The standard InChI is InChI=1S/C24H22N4O2S/c1-30-18-9-7-16(8-10-18)21-15-31-22(25-21)14-28-12-11-20-19(13-28)24(29)27-23(26-20)17-5-3-2-4-6-17/h2-10,15H,11-14H2,1H3,(H,26,27,29). The molecule has 4 aromatic rings. The number of nitrogens with zero attached hydrogens (tertiary/aromatic N) is 3. The number of rotatable bonds is 5. The van der Waals surface area contributed by atoms with Crippen molar-refractivity contribution in [2.45, 2.75) is 19.5 Å². The Morgan fingerprint density at radius 2 is 1.87 bits per heavy atom. The number of thiazole rings is 1. The molecule has 0 aliphatic carbocycles. The molecule has 156 valence electrons. The maximum Gasteiger partial charge on any atom is 0.255 e. The van der Waals surface area contributed by atoms with E-state index in [4.69, 9.17) is 14.7 Å². The van der Waals surface area contributed by atoms with E-state index in [-0.39, 0.29) is 5.56 Å². The summed E-state index contributed by atoms with van der Waals surface area (Å²) in [6.45, 7) is 2.17. The highest BCUT2D eigenvalue weighted by molar-refractivity contribution is 7.09. The van der Waals surface area contributed by atoms with Gasteiger partial charge in [0.05, 0.1) is 30.6 Å². The van der Waals surface area contributed by atoms with E-state index in [0.717, 1.165) is 58.3 Å². The second kappa shape index (κ2) is 8.45. The van der Waals surface area contributed by atoms with E-state index < -0.39 is 0 Å². The van der Waals surface area contributed by atoms with Crippen LogP contribution in [0.15, 0.2) is 64.8 Å². The third-order valence-corrected chi connectivity index (χ3v) is 6.32. The molecule has 1 N–H and O–H groups in total. The van der Waals surface area contributed by atoms with Gasteiger partial charge in [0.15, 0.2) is 0 Å². The van der Waals surface area contributed by atoms with Crippen LogP contribution in [0.5, 0.6) is 5.75 Å². The molecule has 0 fully saturated rings. The molecule has 0 spiro atoms. The van der Waals surface area contributed by atoms with Crippen molar-refractivity contribution in [3.63, 3.8) is 0 Å². The molecule has 0 radical (unpaired) electrons. The molecular weight excluding hydrogens is 408 g/mol. The molecule has 0 amide bonds. The Bertz CT molecular complexity index is 1250. The van der Waals surface area contributed by atoms with Crippen LogP contribution in [0.2, 0.25) is 0 Å².